The summed E-state index contributed by atoms with van der Waals surface area (Å²) in [5, 5.41) is 3.00. The molecule has 0 N–H and O–H groups in total. The molecule has 1 aliphatic heterocycles. The van der Waals surface area contributed by atoms with Crippen molar-refractivity contribution < 1.29 is 17.9 Å². The van der Waals surface area contributed by atoms with Crippen LogP contribution in [0.4, 0.5) is 0 Å². The summed E-state index contributed by atoms with van der Waals surface area (Å²) < 4.78 is 1.38. The van der Waals surface area contributed by atoms with Gasteiger partial charge in [0.2, 0.25) is 0 Å². The number of rotatable bonds is 4. The van der Waals surface area contributed by atoms with E-state index in [1.165, 1.54) is 63.7 Å². The van der Waals surface area contributed by atoms with Crippen molar-refractivity contribution in [3.8, 4) is 22.3 Å². The van der Waals surface area contributed by atoms with Gasteiger partial charge in [-0.25, -0.2) is 0 Å². The van der Waals surface area contributed by atoms with Crippen LogP contribution in [0.15, 0.2) is 84.4 Å². The van der Waals surface area contributed by atoms with Gasteiger partial charge in [-0.3, -0.25) is 0 Å². The van der Waals surface area contributed by atoms with E-state index < -0.39 is 27.4 Å². The van der Waals surface area contributed by atoms with Crippen molar-refractivity contribution in [2.75, 3.05) is 0 Å². The summed E-state index contributed by atoms with van der Waals surface area (Å²) in [5.41, 5.74) is 12.2. The molecular weight excluding hydrogens is 599 g/mol. The van der Waals surface area contributed by atoms with Gasteiger partial charge in [0, 0.05) is 0 Å². The number of aryl methyl sites for hydroxylation is 2. The van der Waals surface area contributed by atoms with Gasteiger partial charge in [0.05, 0.1) is 0 Å². The number of benzene rings is 4. The molecule has 192 valence electrons. The first-order valence-corrected chi connectivity index (χ1v) is 24.0. The van der Waals surface area contributed by atoms with Gasteiger partial charge in [-0.1, -0.05) is 0 Å². The van der Waals surface area contributed by atoms with Crippen molar-refractivity contribution in [1.29, 1.82) is 0 Å². The van der Waals surface area contributed by atoms with Crippen molar-refractivity contribution in [2.45, 2.75) is 44.7 Å². The fourth-order valence-electron chi connectivity index (χ4n) is 6.63. The van der Waals surface area contributed by atoms with E-state index in [9.17, 15) is 0 Å². The molecule has 0 spiro atoms. The third-order valence-corrected chi connectivity index (χ3v) is 22.7. The van der Waals surface area contributed by atoms with E-state index in [-0.39, 0.29) is 9.04 Å². The van der Waals surface area contributed by atoms with E-state index in [0.717, 1.165) is 6.42 Å². The third kappa shape index (κ3) is 4.19. The summed E-state index contributed by atoms with van der Waals surface area (Å²) in [5.74, 6) is 0. The maximum atomic E-state index is 7.88. The van der Waals surface area contributed by atoms with Crippen LogP contribution in [0, 0.1) is 12.3 Å². The van der Waals surface area contributed by atoms with Crippen molar-refractivity contribution >= 4 is 46.3 Å². The number of allylic oxidation sites excluding steroid dienone is 1. The van der Waals surface area contributed by atoms with Gasteiger partial charge in [-0.2, -0.15) is 0 Å². The van der Waals surface area contributed by atoms with Crippen LogP contribution in [0.25, 0.3) is 28.3 Å². The minimum absolute atomic E-state index is 0.0383. The van der Waals surface area contributed by atoms with E-state index in [4.69, 9.17) is 17.0 Å². The molecule has 0 nitrogen and oxygen atoms in total. The molecule has 0 amide bonds. The standard InChI is InChI=1S/C22H25.C12H9Si.2ClH.Zr/c1-6-16-11-12-17-13-18(22(3,4)5)14-20(17)21(16)19-10-8-7-9-15(19)2;1-3-7-11-9(5-1)10-6-2-4-8-12(10)13-11;;;/h7-14H,6H2,1-5H3;1-7H,13H2;2*1H;/q;;;;+2/p-2. The van der Waals surface area contributed by atoms with Gasteiger partial charge in [-0.05, 0) is 0 Å². The van der Waals surface area contributed by atoms with Crippen LogP contribution in [0.1, 0.15) is 53.6 Å². The third-order valence-electron chi connectivity index (χ3n) is 8.52. The molecule has 6 rings (SSSR count). The molecule has 0 aromatic heterocycles. The average molecular weight is 633 g/mol. The van der Waals surface area contributed by atoms with Gasteiger partial charge in [0.25, 0.3) is 0 Å². The predicted molar refractivity (Wildman–Crippen MR) is 167 cm³/mol. The van der Waals surface area contributed by atoms with Crippen LogP contribution in [0.5, 0.6) is 0 Å². The molecule has 1 heterocycles. The zero-order valence-corrected chi connectivity index (χ0v) is 28.2. The first-order chi connectivity index (χ1) is 18.1. The molecule has 0 radical (unpaired) electrons. The normalized spacial score (nSPS) is 16.8. The van der Waals surface area contributed by atoms with Crippen LogP contribution >= 0.6 is 17.0 Å². The summed E-state index contributed by atoms with van der Waals surface area (Å²) in [6.45, 7) is 11.4. The SMILES string of the molecule is CCc1ccc2c(c1-c1ccccc1C)C=C(C(C)(C)C)[CH]2[Zr]([Cl])([Cl])[c]1cccc2c1[SiH2]c1ccccc1-2. The number of hydrogen-bond donors (Lipinski definition) is 0. The molecule has 1 unspecified atom stereocenters. The zero-order chi connectivity index (χ0) is 26.8. The minimum atomic E-state index is -4.01. The van der Waals surface area contributed by atoms with Crippen molar-refractivity contribution in [2.24, 2.45) is 5.41 Å². The first kappa shape index (κ1) is 26.5. The Hall–Kier alpha value is -1.70. The molecular formula is C34H34Cl2SiZr. The Kier molecular flexibility index (Phi) is 6.80. The topological polar surface area (TPSA) is 0 Å². The van der Waals surface area contributed by atoms with E-state index in [1.54, 1.807) is 0 Å². The van der Waals surface area contributed by atoms with Gasteiger partial charge in [0.1, 0.15) is 0 Å². The maximum absolute atomic E-state index is 7.88. The van der Waals surface area contributed by atoms with E-state index in [0.29, 0.717) is 0 Å². The summed E-state index contributed by atoms with van der Waals surface area (Å²) in [4.78, 5) is 0. The first-order valence-electron chi connectivity index (χ1n) is 13.6. The Morgan fingerprint density at radius 2 is 1.50 bits per heavy atom. The second-order valence-electron chi connectivity index (χ2n) is 11.8. The number of hydrogen-bond acceptors (Lipinski definition) is 0. The number of fused-ring (bicyclic) bond motifs is 4. The quantitative estimate of drug-likeness (QED) is 0.179. The van der Waals surface area contributed by atoms with Gasteiger partial charge < -0.3 is 0 Å². The van der Waals surface area contributed by atoms with E-state index in [2.05, 4.69) is 120 Å². The molecule has 1 aliphatic carbocycles. The Labute approximate surface area is 241 Å². The van der Waals surface area contributed by atoms with Gasteiger partial charge in [-0.15, -0.1) is 0 Å². The van der Waals surface area contributed by atoms with E-state index in [1.807, 2.05) is 0 Å². The summed E-state index contributed by atoms with van der Waals surface area (Å²) in [7, 11) is 15.1. The number of halogens is 2. The molecule has 0 saturated carbocycles. The fourth-order valence-corrected chi connectivity index (χ4v) is 23.7. The second kappa shape index (κ2) is 9.74. The molecule has 4 aromatic carbocycles. The van der Waals surface area contributed by atoms with Gasteiger partial charge in [0.15, 0.2) is 0 Å². The Morgan fingerprint density at radius 1 is 0.816 bits per heavy atom. The Bertz CT molecular complexity index is 1610. The second-order valence-corrected chi connectivity index (χ2v) is 27.7. The van der Waals surface area contributed by atoms with Crippen LogP contribution < -0.4 is 13.6 Å². The molecule has 0 bridgehead atoms. The van der Waals surface area contributed by atoms with Crippen molar-refractivity contribution in [1.82, 2.24) is 0 Å². The van der Waals surface area contributed by atoms with Crippen LogP contribution in [-0.4, -0.2) is 9.52 Å². The summed E-state index contributed by atoms with van der Waals surface area (Å²) in [6, 6.07) is 29.1. The summed E-state index contributed by atoms with van der Waals surface area (Å²) in [6.07, 6.45) is 3.46. The molecule has 4 heteroatoms. The Balaban J connectivity index is 1.58. The fraction of sp³-hybridized carbons (Fsp3) is 0.235. The van der Waals surface area contributed by atoms with Gasteiger partial charge >= 0.3 is 243 Å². The predicted octanol–water partition coefficient (Wildman–Crippen LogP) is 7.60. The zero-order valence-electron chi connectivity index (χ0n) is 22.8. The molecule has 1 atom stereocenters. The molecule has 38 heavy (non-hydrogen) atoms. The molecule has 0 fully saturated rings. The monoisotopic (exact) mass is 630 g/mol. The Morgan fingerprint density at radius 3 is 2.21 bits per heavy atom. The van der Waals surface area contributed by atoms with Crippen LogP contribution in [-0.2, 0) is 24.3 Å². The average Bonchev–Trinajstić information content (AvgIpc) is 3.48. The molecule has 0 saturated heterocycles. The van der Waals surface area contributed by atoms with Crippen LogP contribution in [0.3, 0.4) is 0 Å². The van der Waals surface area contributed by atoms with Crippen LogP contribution in [0.2, 0.25) is 0 Å². The van der Waals surface area contributed by atoms with E-state index >= 15 is 0 Å². The molecule has 2 aliphatic rings. The van der Waals surface area contributed by atoms with Crippen molar-refractivity contribution in [3.05, 3.63) is 107 Å². The summed E-state index contributed by atoms with van der Waals surface area (Å²) >= 11 is -4.01. The van der Waals surface area contributed by atoms with Crippen molar-refractivity contribution in [3.63, 3.8) is 0 Å². The molecule has 4 aromatic rings.